The van der Waals surface area contributed by atoms with Gasteiger partial charge in [-0.2, -0.15) is 4.31 Å². The van der Waals surface area contributed by atoms with Gasteiger partial charge >= 0.3 is 0 Å². The number of halogens is 2. The SMILES string of the molecule is COc1ccc(C(=O)NCc2ccc(Cl)cc2Cl)cc1S(=O)(=O)N1CCCCCC1. The number of benzene rings is 2. The maximum atomic E-state index is 13.2. The van der Waals surface area contributed by atoms with Crippen LogP contribution in [0.15, 0.2) is 41.3 Å². The second-order valence-electron chi connectivity index (χ2n) is 7.10. The van der Waals surface area contributed by atoms with Crippen molar-refractivity contribution in [1.29, 1.82) is 0 Å². The summed E-state index contributed by atoms with van der Waals surface area (Å²) < 4.78 is 33.2. The number of nitrogens with one attached hydrogen (secondary N) is 1. The van der Waals surface area contributed by atoms with Crippen LogP contribution in [0.3, 0.4) is 0 Å². The Balaban J connectivity index is 1.83. The van der Waals surface area contributed by atoms with E-state index >= 15 is 0 Å². The third-order valence-corrected chi connectivity index (χ3v) is 7.57. The first-order valence-electron chi connectivity index (χ1n) is 9.73. The van der Waals surface area contributed by atoms with Crippen molar-refractivity contribution < 1.29 is 17.9 Å². The minimum atomic E-state index is -3.77. The van der Waals surface area contributed by atoms with Crippen molar-refractivity contribution in [2.45, 2.75) is 37.1 Å². The highest BCUT2D eigenvalue weighted by Gasteiger charge is 2.29. The molecule has 30 heavy (non-hydrogen) atoms. The summed E-state index contributed by atoms with van der Waals surface area (Å²) in [5.41, 5.74) is 0.939. The van der Waals surface area contributed by atoms with Crippen LogP contribution in [0, 0.1) is 0 Å². The highest BCUT2D eigenvalue weighted by atomic mass is 35.5. The van der Waals surface area contributed by atoms with Gasteiger partial charge in [-0.05, 0) is 48.7 Å². The highest BCUT2D eigenvalue weighted by Crippen LogP contribution is 2.29. The normalized spacial score (nSPS) is 15.4. The second-order valence-corrected chi connectivity index (χ2v) is 9.85. The third kappa shape index (κ3) is 5.27. The summed E-state index contributed by atoms with van der Waals surface area (Å²) in [5, 5.41) is 3.72. The molecular weight excluding hydrogens is 447 g/mol. The summed E-state index contributed by atoms with van der Waals surface area (Å²) in [7, 11) is -2.35. The molecule has 9 heteroatoms. The Bertz CT molecular complexity index is 1020. The molecule has 1 saturated heterocycles. The van der Waals surface area contributed by atoms with Gasteiger partial charge in [-0.3, -0.25) is 4.79 Å². The Hall–Kier alpha value is -1.80. The van der Waals surface area contributed by atoms with Crippen molar-refractivity contribution in [3.05, 3.63) is 57.6 Å². The van der Waals surface area contributed by atoms with Crippen molar-refractivity contribution in [3.63, 3.8) is 0 Å². The van der Waals surface area contributed by atoms with E-state index in [0.29, 0.717) is 28.7 Å². The molecule has 1 aliphatic heterocycles. The van der Waals surface area contributed by atoms with E-state index < -0.39 is 15.9 Å². The molecule has 0 spiro atoms. The lowest BCUT2D eigenvalue weighted by Gasteiger charge is -2.21. The molecule has 2 aromatic carbocycles. The lowest BCUT2D eigenvalue weighted by Crippen LogP contribution is -2.32. The summed E-state index contributed by atoms with van der Waals surface area (Å²) in [6.07, 6.45) is 3.67. The molecule has 162 valence electrons. The standard InChI is InChI=1S/C21H24Cl2N2O4S/c1-29-19-9-7-15(21(26)24-14-16-6-8-17(22)13-18(16)23)12-20(19)30(27,28)25-10-4-2-3-5-11-25/h6-9,12-13H,2-5,10-11,14H2,1H3,(H,24,26). The minimum Gasteiger partial charge on any atom is -0.495 e. The number of methoxy groups -OCH3 is 1. The number of sulfonamides is 1. The van der Waals surface area contributed by atoms with Gasteiger partial charge in [0.15, 0.2) is 0 Å². The van der Waals surface area contributed by atoms with Crippen LogP contribution in [0.4, 0.5) is 0 Å². The molecule has 1 aliphatic rings. The largest absolute Gasteiger partial charge is 0.495 e. The predicted octanol–water partition coefficient (Wildman–Crippen LogP) is 4.50. The molecule has 1 amide bonds. The molecule has 1 fully saturated rings. The summed E-state index contributed by atoms with van der Waals surface area (Å²) in [6, 6.07) is 9.44. The molecule has 0 atom stereocenters. The fourth-order valence-corrected chi connectivity index (χ4v) is 5.56. The zero-order chi connectivity index (χ0) is 21.7. The first kappa shape index (κ1) is 22.9. The Labute approximate surface area is 187 Å². The number of ether oxygens (including phenoxy) is 1. The first-order valence-corrected chi connectivity index (χ1v) is 11.9. The molecule has 3 rings (SSSR count). The Morgan fingerprint density at radius 2 is 1.77 bits per heavy atom. The highest BCUT2D eigenvalue weighted by molar-refractivity contribution is 7.89. The van der Waals surface area contributed by atoms with Gasteiger partial charge in [-0.1, -0.05) is 42.1 Å². The Morgan fingerprint density at radius 3 is 2.40 bits per heavy atom. The van der Waals surface area contributed by atoms with E-state index in [1.807, 2.05) is 0 Å². The smallest absolute Gasteiger partial charge is 0.251 e. The zero-order valence-corrected chi connectivity index (χ0v) is 19.0. The number of rotatable bonds is 6. The summed E-state index contributed by atoms with van der Waals surface area (Å²) in [6.45, 7) is 1.13. The lowest BCUT2D eigenvalue weighted by atomic mass is 10.2. The van der Waals surface area contributed by atoms with Crippen molar-refractivity contribution in [1.82, 2.24) is 9.62 Å². The van der Waals surface area contributed by atoms with Gasteiger partial charge in [0.25, 0.3) is 5.91 Å². The Kier molecular flexibility index (Phi) is 7.63. The van der Waals surface area contributed by atoms with Crippen LogP contribution in [-0.2, 0) is 16.6 Å². The molecule has 6 nitrogen and oxygen atoms in total. The minimum absolute atomic E-state index is 0.00377. The van der Waals surface area contributed by atoms with Gasteiger partial charge in [0.2, 0.25) is 10.0 Å². The number of hydrogen-bond donors (Lipinski definition) is 1. The van der Waals surface area contributed by atoms with Gasteiger partial charge < -0.3 is 10.1 Å². The fraction of sp³-hybridized carbons (Fsp3) is 0.381. The van der Waals surface area contributed by atoms with Crippen LogP contribution in [0.25, 0.3) is 0 Å². The van der Waals surface area contributed by atoms with Gasteiger partial charge in [-0.15, -0.1) is 0 Å². The number of carbonyl (C=O) groups excluding carboxylic acids is 1. The van der Waals surface area contributed by atoms with Crippen LogP contribution in [0.5, 0.6) is 5.75 Å². The number of hydrogen-bond acceptors (Lipinski definition) is 4. The lowest BCUT2D eigenvalue weighted by molar-refractivity contribution is 0.0950. The molecular formula is C21H24Cl2N2O4S. The predicted molar refractivity (Wildman–Crippen MR) is 118 cm³/mol. The molecule has 0 bridgehead atoms. The number of nitrogens with zero attached hydrogens (tertiary/aromatic N) is 1. The van der Waals surface area contributed by atoms with E-state index in [1.165, 1.54) is 23.5 Å². The van der Waals surface area contributed by atoms with Crippen LogP contribution in [-0.4, -0.2) is 38.8 Å². The van der Waals surface area contributed by atoms with Crippen molar-refractivity contribution >= 4 is 39.1 Å². The third-order valence-electron chi connectivity index (χ3n) is 5.06. The average molecular weight is 471 g/mol. The van der Waals surface area contributed by atoms with Gasteiger partial charge in [0, 0.05) is 35.2 Å². The van der Waals surface area contributed by atoms with E-state index in [1.54, 1.807) is 24.3 Å². The number of carbonyl (C=O) groups is 1. The van der Waals surface area contributed by atoms with Crippen LogP contribution in [0.1, 0.15) is 41.6 Å². The monoisotopic (exact) mass is 470 g/mol. The maximum Gasteiger partial charge on any atom is 0.251 e. The van der Waals surface area contributed by atoms with Gasteiger partial charge in [0.1, 0.15) is 10.6 Å². The summed E-state index contributed by atoms with van der Waals surface area (Å²) in [5.74, 6) is -0.187. The Morgan fingerprint density at radius 1 is 1.07 bits per heavy atom. The van der Waals surface area contributed by atoms with Gasteiger partial charge in [-0.25, -0.2) is 8.42 Å². The molecule has 2 aromatic rings. The molecule has 0 radical (unpaired) electrons. The van der Waals surface area contributed by atoms with E-state index in [9.17, 15) is 13.2 Å². The second kappa shape index (κ2) is 10.0. The topological polar surface area (TPSA) is 75.7 Å². The fourth-order valence-electron chi connectivity index (χ4n) is 3.38. The zero-order valence-electron chi connectivity index (χ0n) is 16.7. The van der Waals surface area contributed by atoms with E-state index in [0.717, 1.165) is 25.7 Å². The molecule has 0 aliphatic carbocycles. The van der Waals surface area contributed by atoms with Crippen molar-refractivity contribution in [3.8, 4) is 5.75 Å². The van der Waals surface area contributed by atoms with E-state index in [-0.39, 0.29) is 22.8 Å². The number of amides is 1. The van der Waals surface area contributed by atoms with Crippen molar-refractivity contribution in [2.24, 2.45) is 0 Å². The first-order chi connectivity index (χ1) is 14.3. The molecule has 1 heterocycles. The van der Waals surface area contributed by atoms with Crippen LogP contribution >= 0.6 is 23.2 Å². The molecule has 1 N–H and O–H groups in total. The van der Waals surface area contributed by atoms with Crippen LogP contribution in [0.2, 0.25) is 10.0 Å². The summed E-state index contributed by atoms with van der Waals surface area (Å²) >= 11 is 12.0. The average Bonchev–Trinajstić information content (AvgIpc) is 3.02. The molecule has 0 aromatic heterocycles. The molecule has 0 unspecified atom stereocenters. The van der Waals surface area contributed by atoms with E-state index in [2.05, 4.69) is 5.32 Å². The van der Waals surface area contributed by atoms with Crippen molar-refractivity contribution in [2.75, 3.05) is 20.2 Å². The van der Waals surface area contributed by atoms with E-state index in [4.69, 9.17) is 27.9 Å². The van der Waals surface area contributed by atoms with Gasteiger partial charge in [0.05, 0.1) is 7.11 Å². The molecule has 0 saturated carbocycles. The maximum absolute atomic E-state index is 13.2. The quantitative estimate of drug-likeness (QED) is 0.674. The van der Waals surface area contributed by atoms with Crippen LogP contribution < -0.4 is 10.1 Å². The summed E-state index contributed by atoms with van der Waals surface area (Å²) in [4.78, 5) is 12.7.